The van der Waals surface area contributed by atoms with Crippen molar-refractivity contribution in [3.05, 3.63) is 288 Å². The topological polar surface area (TPSA) is 0 Å². The third kappa shape index (κ3) is 9.52. The van der Waals surface area contributed by atoms with Gasteiger partial charge in [0.25, 0.3) is 0 Å². The highest BCUT2D eigenvalue weighted by atomic mass is 30.2. The summed E-state index contributed by atoms with van der Waals surface area (Å²) >= 11 is 0. The van der Waals surface area contributed by atoms with Gasteiger partial charge in [-0.1, -0.05) is 340 Å². The van der Waals surface area contributed by atoms with Crippen LogP contribution in [0.4, 0.5) is 0 Å². The Labute approximate surface area is 579 Å². The van der Waals surface area contributed by atoms with Crippen LogP contribution in [0.1, 0.15) is 167 Å². The molecule has 0 atom stereocenters. The largest absolute Gasteiger partial charge is 0.122 e. The average molecular weight is 1330 g/mol. The van der Waals surface area contributed by atoms with E-state index in [1.54, 1.807) is 51.9 Å². The van der Waals surface area contributed by atoms with E-state index in [1.807, 2.05) is 0 Å². The second kappa shape index (κ2) is 24.4. The molecule has 0 nitrogen and oxygen atoms in total. The van der Waals surface area contributed by atoms with Crippen LogP contribution in [0.25, 0.3) is 0 Å². The quantitative estimate of drug-likeness (QED) is 0.120. The van der Waals surface area contributed by atoms with E-state index in [1.165, 1.54) is 167 Å². The SMILES string of the molecule is Cc1cc(C)c([Si]2(c3c(C)cc(C)cc3C)[Si](c3c(C)cc(C)cc3C)(c3c(C)cc(C)cc3C)[Si](c3c(C)cc(C)cc3C)(c3c(C)cc(C)cc3C)[Si](c3c(C)cc(C)cc3C)(c3c(C)cc(C)cc3C)[Si]2(c2c(C)cc(C)cc2C)c2c(C)cc(C)cc2C)c(C)c1. The van der Waals surface area contributed by atoms with E-state index < -0.39 is 35.5 Å². The number of aryl methyl sites for hydroxylation is 30. The Kier molecular flexibility index (Phi) is 17.9. The first kappa shape index (κ1) is 69.6. The third-order valence-electron chi connectivity index (χ3n) is 23.3. The predicted octanol–water partition coefficient (Wildman–Crippen LogP) is 16.0. The van der Waals surface area contributed by atoms with Crippen LogP contribution in [0.5, 0.6) is 0 Å². The predicted molar refractivity (Wildman–Crippen MR) is 432 cm³/mol. The Bertz CT molecular complexity index is 3650. The van der Waals surface area contributed by atoms with Gasteiger partial charge in [0.05, 0.1) is 0 Å². The summed E-state index contributed by atoms with van der Waals surface area (Å²) in [6.07, 6.45) is 0. The fourth-order valence-corrected chi connectivity index (χ4v) is 218. The Morgan fingerprint density at radius 1 is 0.105 bits per heavy atom. The summed E-state index contributed by atoms with van der Waals surface area (Å²) in [7, 11) is -21.5. The Morgan fingerprint density at radius 2 is 0.158 bits per heavy atom. The summed E-state index contributed by atoms with van der Waals surface area (Å²) in [4.78, 5) is 0. The average Bonchev–Trinajstić information content (AvgIpc) is 1.41. The van der Waals surface area contributed by atoms with Gasteiger partial charge in [0.2, 0.25) is 0 Å². The van der Waals surface area contributed by atoms with Crippen molar-refractivity contribution in [2.75, 3.05) is 0 Å². The molecule has 95 heavy (non-hydrogen) atoms. The van der Waals surface area contributed by atoms with Gasteiger partial charge in [0.1, 0.15) is 35.5 Å². The van der Waals surface area contributed by atoms with Crippen molar-refractivity contribution in [2.45, 2.75) is 208 Å². The zero-order chi connectivity index (χ0) is 69.7. The molecule has 1 aliphatic rings. The Hall–Kier alpha value is -6.72. The van der Waals surface area contributed by atoms with Gasteiger partial charge in [-0.05, 0) is 208 Å². The number of hydrogen-bond acceptors (Lipinski definition) is 0. The number of hydrogen-bond donors (Lipinski definition) is 0. The molecular weight excluding hydrogens is 1220 g/mol. The molecule has 10 aromatic carbocycles. The van der Waals surface area contributed by atoms with Gasteiger partial charge in [-0.15, -0.1) is 0 Å². The van der Waals surface area contributed by atoms with Crippen molar-refractivity contribution < 1.29 is 0 Å². The van der Waals surface area contributed by atoms with Crippen molar-refractivity contribution in [2.24, 2.45) is 0 Å². The maximum absolute atomic E-state index is 4.29. The van der Waals surface area contributed by atoms with E-state index in [4.69, 9.17) is 0 Å². The van der Waals surface area contributed by atoms with E-state index in [0.29, 0.717) is 0 Å². The van der Waals surface area contributed by atoms with Crippen LogP contribution in [0.3, 0.4) is 0 Å². The smallest absolute Gasteiger partial charge is 0.0565 e. The van der Waals surface area contributed by atoms with Gasteiger partial charge in [0, 0.05) is 0 Å². The lowest BCUT2D eigenvalue weighted by Crippen LogP contribution is -3.02. The van der Waals surface area contributed by atoms with Crippen LogP contribution < -0.4 is 51.9 Å². The zero-order valence-electron chi connectivity index (χ0n) is 64.0. The third-order valence-corrected chi connectivity index (χ3v) is 121. The monoisotopic (exact) mass is 1330 g/mol. The van der Waals surface area contributed by atoms with Gasteiger partial charge in [0.15, 0.2) is 0 Å². The van der Waals surface area contributed by atoms with Crippen LogP contribution in [0, 0.1) is 208 Å². The summed E-state index contributed by atoms with van der Waals surface area (Å²) in [5.74, 6) is 0. The summed E-state index contributed by atoms with van der Waals surface area (Å²) in [6.45, 7) is 77.0. The normalized spacial score (nSPS) is 15.3. The molecule has 1 fully saturated rings. The molecule has 490 valence electrons. The summed E-state index contributed by atoms with van der Waals surface area (Å²) < 4.78 is 0. The molecule has 0 N–H and O–H groups in total. The van der Waals surface area contributed by atoms with Crippen LogP contribution in [-0.2, 0) is 0 Å². The van der Waals surface area contributed by atoms with Crippen molar-refractivity contribution in [1.29, 1.82) is 0 Å². The summed E-state index contributed by atoms with van der Waals surface area (Å²) in [5, 5.41) is 17.3. The van der Waals surface area contributed by atoms with Crippen molar-refractivity contribution >= 4 is 87.4 Å². The molecule has 0 amide bonds. The molecule has 5 heteroatoms. The minimum atomic E-state index is -4.29. The molecule has 0 aromatic heterocycles. The summed E-state index contributed by atoms with van der Waals surface area (Å²) in [5.41, 5.74) is 43.1. The van der Waals surface area contributed by atoms with Gasteiger partial charge in [-0.25, -0.2) is 0 Å². The van der Waals surface area contributed by atoms with Crippen molar-refractivity contribution in [1.82, 2.24) is 0 Å². The van der Waals surface area contributed by atoms with Crippen molar-refractivity contribution in [3.8, 4) is 0 Å². The fourth-order valence-electron chi connectivity index (χ4n) is 23.5. The van der Waals surface area contributed by atoms with Crippen molar-refractivity contribution in [3.63, 3.8) is 0 Å². The first-order valence-electron chi connectivity index (χ1n) is 35.3. The molecule has 1 saturated heterocycles. The highest BCUT2D eigenvalue weighted by Gasteiger charge is 2.97. The number of benzene rings is 10. The lowest BCUT2D eigenvalue weighted by Gasteiger charge is -2.60. The van der Waals surface area contributed by atoms with Crippen LogP contribution in [0.15, 0.2) is 121 Å². The Morgan fingerprint density at radius 3 is 0.211 bits per heavy atom. The molecule has 0 unspecified atom stereocenters. The van der Waals surface area contributed by atoms with Crippen LogP contribution in [0.2, 0.25) is 0 Å². The second-order valence-corrected chi connectivity index (χ2v) is 74.0. The maximum Gasteiger partial charge on any atom is 0.122 e. The molecule has 11 rings (SSSR count). The number of rotatable bonds is 10. The second-order valence-electron chi connectivity index (χ2n) is 31.5. The van der Waals surface area contributed by atoms with Gasteiger partial charge in [-0.3, -0.25) is 0 Å². The van der Waals surface area contributed by atoms with Gasteiger partial charge in [-0.2, -0.15) is 0 Å². The summed E-state index contributed by atoms with van der Waals surface area (Å²) in [6, 6.07) is 54.2. The highest BCUT2D eigenvalue weighted by Crippen LogP contribution is 2.56. The first-order chi connectivity index (χ1) is 44.5. The lowest BCUT2D eigenvalue weighted by molar-refractivity contribution is 1.32. The van der Waals surface area contributed by atoms with E-state index in [-0.39, 0.29) is 0 Å². The standard InChI is InChI=1S/C90H110Si5/c1-51-31-61(11)81(62(12)32-51)91(82-63(13)33-52(2)34-64(82)14)92(83-65(15)35-53(3)36-66(83)16,84-67(17)37-54(4)38-68(84)18)94(87-73(23)43-57(7)44-74(87)24,88-75(25)45-58(8)46-76(88)26)95(89-77(27)47-59(9)48-78(89)28,90-79(29)49-60(10)50-80(90)30)93(91,85-69(19)39-55(5)40-70(85)20)86-71(21)41-56(6)42-72(86)22/h31-50H,1-30H3. The lowest BCUT2D eigenvalue weighted by atomic mass is 10.1. The van der Waals surface area contributed by atoms with Gasteiger partial charge >= 0.3 is 0 Å². The molecule has 0 aliphatic carbocycles. The molecule has 0 bridgehead atoms. The molecule has 1 aliphatic heterocycles. The first-order valence-corrected chi connectivity index (χ1v) is 50.3. The molecule has 10 aromatic rings. The van der Waals surface area contributed by atoms with Crippen LogP contribution >= 0.6 is 0 Å². The fraction of sp³-hybridized carbons (Fsp3) is 0.333. The Balaban J connectivity index is 1.94. The molecule has 0 saturated carbocycles. The van der Waals surface area contributed by atoms with E-state index in [2.05, 4.69) is 329 Å². The minimum absolute atomic E-state index is 1.34. The van der Waals surface area contributed by atoms with Crippen LogP contribution in [-0.4, -0.2) is 35.5 Å². The zero-order valence-corrected chi connectivity index (χ0v) is 69.0. The van der Waals surface area contributed by atoms with E-state index >= 15 is 0 Å². The highest BCUT2D eigenvalue weighted by molar-refractivity contribution is 8.27. The van der Waals surface area contributed by atoms with Gasteiger partial charge < -0.3 is 0 Å². The molecule has 0 spiro atoms. The maximum atomic E-state index is 2.71. The minimum Gasteiger partial charge on any atom is -0.0565 e. The molecule has 0 radical (unpaired) electrons. The van der Waals surface area contributed by atoms with E-state index in [9.17, 15) is 0 Å². The molecule has 1 heterocycles. The van der Waals surface area contributed by atoms with E-state index in [0.717, 1.165) is 0 Å². The molecular formula is C90H110Si5.